The number of urea groups is 1. The maximum absolute atomic E-state index is 12.9. The van der Waals surface area contributed by atoms with E-state index in [9.17, 15) is 19.5 Å². The van der Waals surface area contributed by atoms with Crippen LogP contribution in [0.1, 0.15) is 31.9 Å². The minimum absolute atomic E-state index is 0.140. The van der Waals surface area contributed by atoms with E-state index in [2.05, 4.69) is 10.6 Å². The fourth-order valence-corrected chi connectivity index (χ4v) is 3.90. The molecule has 0 spiro atoms. The summed E-state index contributed by atoms with van der Waals surface area (Å²) in [5, 5.41) is 16.0. The number of halogens is 1. The van der Waals surface area contributed by atoms with Crippen LogP contribution in [-0.2, 0) is 22.5 Å². The molecular weight excluding hydrogens is 484 g/mol. The molecule has 0 bridgehead atoms. The Balaban J connectivity index is 1.49. The second-order valence-corrected chi connectivity index (χ2v) is 10.1. The van der Waals surface area contributed by atoms with Crippen molar-refractivity contribution in [2.24, 2.45) is 0 Å². The third-order valence-corrected chi connectivity index (χ3v) is 5.85. The van der Waals surface area contributed by atoms with Gasteiger partial charge in [0.1, 0.15) is 5.60 Å². The minimum atomic E-state index is -0.614. The summed E-state index contributed by atoms with van der Waals surface area (Å²) in [4.78, 5) is 40.6. The van der Waals surface area contributed by atoms with Crippen LogP contribution in [0.5, 0.6) is 0 Å². The molecule has 1 atom stereocenters. The summed E-state index contributed by atoms with van der Waals surface area (Å²) in [7, 11) is 0. The zero-order valence-corrected chi connectivity index (χ0v) is 21.5. The van der Waals surface area contributed by atoms with Gasteiger partial charge in [0.2, 0.25) is 5.91 Å². The third kappa shape index (κ3) is 8.13. The molecule has 1 fully saturated rings. The Morgan fingerprint density at radius 2 is 1.67 bits per heavy atom. The molecule has 0 unspecified atom stereocenters. The number of aliphatic hydroxyl groups excluding tert-OH is 1. The van der Waals surface area contributed by atoms with Crippen molar-refractivity contribution in [3.8, 4) is 0 Å². The standard InChI is InChI=1S/C26H33ClN4O5/c1-26(2,3)36-25(35)30-12-13-31(22(16-30)17-32)23(33)14-18-6-10-21(11-7-18)29-24(34)28-15-19-4-8-20(27)9-5-19/h4-11,22,32H,12-17H2,1-3H3,(H2,28,29,34)/t22-/m1/s1. The first-order chi connectivity index (χ1) is 17.0. The van der Waals surface area contributed by atoms with E-state index in [4.69, 9.17) is 16.3 Å². The van der Waals surface area contributed by atoms with Crippen molar-refractivity contribution >= 4 is 35.3 Å². The molecule has 0 saturated carbocycles. The molecule has 0 aliphatic carbocycles. The van der Waals surface area contributed by atoms with Crippen molar-refractivity contribution < 1.29 is 24.2 Å². The molecule has 10 heteroatoms. The largest absolute Gasteiger partial charge is 0.444 e. The Bertz CT molecular complexity index is 1050. The number of hydrogen-bond donors (Lipinski definition) is 3. The molecule has 4 amide bonds. The molecule has 1 saturated heterocycles. The Labute approximate surface area is 216 Å². The summed E-state index contributed by atoms with van der Waals surface area (Å²) >= 11 is 5.87. The highest BCUT2D eigenvalue weighted by Gasteiger charge is 2.33. The quantitative estimate of drug-likeness (QED) is 0.542. The number of piperazine rings is 1. The lowest BCUT2D eigenvalue weighted by Gasteiger charge is -2.41. The summed E-state index contributed by atoms with van der Waals surface area (Å²) in [5.41, 5.74) is 1.69. The van der Waals surface area contributed by atoms with Crippen LogP contribution in [0.25, 0.3) is 0 Å². The predicted molar refractivity (Wildman–Crippen MR) is 138 cm³/mol. The van der Waals surface area contributed by atoms with Crippen LogP contribution in [0, 0.1) is 0 Å². The SMILES string of the molecule is CC(C)(C)OC(=O)N1CCN(C(=O)Cc2ccc(NC(=O)NCc3ccc(Cl)cc3)cc2)[C@@H](CO)C1. The van der Waals surface area contributed by atoms with Crippen molar-refractivity contribution in [3.05, 3.63) is 64.7 Å². The highest BCUT2D eigenvalue weighted by Crippen LogP contribution is 2.17. The second kappa shape index (κ2) is 12.1. The molecule has 1 aliphatic heterocycles. The maximum atomic E-state index is 12.9. The van der Waals surface area contributed by atoms with Crippen molar-refractivity contribution in [1.29, 1.82) is 0 Å². The van der Waals surface area contributed by atoms with Gasteiger partial charge in [-0.05, 0) is 56.2 Å². The fraction of sp³-hybridized carbons (Fsp3) is 0.423. The van der Waals surface area contributed by atoms with E-state index in [0.29, 0.717) is 30.3 Å². The number of nitrogens with one attached hydrogen (secondary N) is 2. The second-order valence-electron chi connectivity index (χ2n) is 9.66. The summed E-state index contributed by atoms with van der Waals surface area (Å²) in [5.74, 6) is -0.140. The lowest BCUT2D eigenvalue weighted by molar-refractivity contribution is -0.136. The molecule has 2 aromatic rings. The summed E-state index contributed by atoms with van der Waals surface area (Å²) in [6, 6.07) is 13.4. The summed E-state index contributed by atoms with van der Waals surface area (Å²) in [6.07, 6.45) is -0.306. The number of carbonyl (C=O) groups excluding carboxylic acids is 3. The first kappa shape index (κ1) is 27.3. The van der Waals surface area contributed by atoms with Crippen LogP contribution in [0.3, 0.4) is 0 Å². The average molecular weight is 517 g/mol. The van der Waals surface area contributed by atoms with Crippen LogP contribution < -0.4 is 10.6 Å². The van der Waals surface area contributed by atoms with Gasteiger partial charge in [-0.3, -0.25) is 4.79 Å². The molecular formula is C26H33ClN4O5. The zero-order chi connectivity index (χ0) is 26.3. The maximum Gasteiger partial charge on any atom is 0.410 e. The number of benzene rings is 2. The van der Waals surface area contributed by atoms with Gasteiger partial charge in [0, 0.05) is 36.9 Å². The van der Waals surface area contributed by atoms with Crippen LogP contribution in [0.4, 0.5) is 15.3 Å². The van der Waals surface area contributed by atoms with Crippen molar-refractivity contribution in [3.63, 3.8) is 0 Å². The topological polar surface area (TPSA) is 111 Å². The number of carbonyl (C=O) groups is 3. The van der Waals surface area contributed by atoms with Crippen LogP contribution in [0.15, 0.2) is 48.5 Å². The van der Waals surface area contributed by atoms with Gasteiger partial charge in [0.15, 0.2) is 0 Å². The summed E-state index contributed by atoms with van der Waals surface area (Å²) < 4.78 is 5.40. The normalized spacial score (nSPS) is 15.9. The van der Waals surface area contributed by atoms with Crippen molar-refractivity contribution in [2.45, 2.75) is 45.4 Å². The van der Waals surface area contributed by atoms with E-state index >= 15 is 0 Å². The van der Waals surface area contributed by atoms with Gasteiger partial charge in [-0.1, -0.05) is 35.9 Å². The van der Waals surface area contributed by atoms with Gasteiger partial charge in [-0.25, -0.2) is 9.59 Å². The van der Waals surface area contributed by atoms with Gasteiger partial charge >= 0.3 is 12.1 Å². The molecule has 36 heavy (non-hydrogen) atoms. The number of hydrogen-bond acceptors (Lipinski definition) is 5. The molecule has 0 radical (unpaired) electrons. The highest BCUT2D eigenvalue weighted by molar-refractivity contribution is 6.30. The number of ether oxygens (including phenoxy) is 1. The molecule has 9 nitrogen and oxygen atoms in total. The predicted octanol–water partition coefficient (Wildman–Crippen LogP) is 3.64. The Hall–Kier alpha value is -3.30. The van der Waals surface area contributed by atoms with E-state index in [-0.39, 0.29) is 31.5 Å². The minimum Gasteiger partial charge on any atom is -0.444 e. The Morgan fingerprint density at radius 1 is 1.03 bits per heavy atom. The number of nitrogens with zero attached hydrogens (tertiary/aromatic N) is 2. The van der Waals surface area contributed by atoms with Gasteiger partial charge in [-0.15, -0.1) is 0 Å². The Morgan fingerprint density at radius 3 is 2.28 bits per heavy atom. The molecule has 194 valence electrons. The van der Waals surface area contributed by atoms with Gasteiger partial charge in [0.25, 0.3) is 0 Å². The van der Waals surface area contributed by atoms with Gasteiger partial charge in [-0.2, -0.15) is 0 Å². The van der Waals surface area contributed by atoms with E-state index in [1.54, 1.807) is 62.1 Å². The molecule has 1 aliphatic rings. The molecule has 2 aromatic carbocycles. The van der Waals surface area contributed by atoms with E-state index in [1.165, 1.54) is 4.90 Å². The fourth-order valence-electron chi connectivity index (χ4n) is 3.77. The number of anilines is 1. The van der Waals surface area contributed by atoms with Gasteiger partial charge < -0.3 is 30.3 Å². The van der Waals surface area contributed by atoms with Crippen molar-refractivity contribution in [2.75, 3.05) is 31.6 Å². The molecule has 3 N–H and O–H groups in total. The monoisotopic (exact) mass is 516 g/mol. The van der Waals surface area contributed by atoms with E-state index < -0.39 is 17.7 Å². The smallest absolute Gasteiger partial charge is 0.410 e. The van der Waals surface area contributed by atoms with E-state index in [1.807, 2.05) is 12.1 Å². The first-order valence-electron chi connectivity index (χ1n) is 11.8. The zero-order valence-electron chi connectivity index (χ0n) is 20.8. The van der Waals surface area contributed by atoms with Crippen molar-refractivity contribution in [1.82, 2.24) is 15.1 Å². The van der Waals surface area contributed by atoms with Crippen LogP contribution >= 0.6 is 11.6 Å². The first-order valence-corrected chi connectivity index (χ1v) is 12.2. The van der Waals surface area contributed by atoms with Crippen LogP contribution in [0.2, 0.25) is 5.02 Å². The number of amides is 4. The number of rotatable bonds is 6. The Kier molecular flexibility index (Phi) is 9.17. The number of aliphatic hydroxyl groups is 1. The molecule has 0 aromatic heterocycles. The lowest BCUT2D eigenvalue weighted by atomic mass is 10.1. The molecule has 3 rings (SSSR count). The van der Waals surface area contributed by atoms with Gasteiger partial charge in [0.05, 0.1) is 19.1 Å². The van der Waals surface area contributed by atoms with E-state index in [0.717, 1.165) is 11.1 Å². The average Bonchev–Trinajstić information content (AvgIpc) is 2.83. The highest BCUT2D eigenvalue weighted by atomic mass is 35.5. The van der Waals surface area contributed by atoms with Crippen LogP contribution in [-0.4, -0.2) is 70.8 Å². The lowest BCUT2D eigenvalue weighted by Crippen LogP contribution is -2.58. The third-order valence-electron chi connectivity index (χ3n) is 5.60. The summed E-state index contributed by atoms with van der Waals surface area (Å²) in [6.45, 7) is 6.36. The molecule has 1 heterocycles.